The molecule has 0 spiro atoms. The maximum atomic E-state index is 11.8. The van der Waals surface area contributed by atoms with E-state index in [4.69, 9.17) is 28.1 Å². The first-order valence-electron chi connectivity index (χ1n) is 8.73. The van der Waals surface area contributed by atoms with Crippen molar-refractivity contribution in [3.63, 3.8) is 0 Å². The normalized spacial score (nSPS) is 21.3. The summed E-state index contributed by atoms with van der Waals surface area (Å²) >= 11 is -0.556. The fourth-order valence-electron chi connectivity index (χ4n) is 3.09. The summed E-state index contributed by atoms with van der Waals surface area (Å²) in [4.78, 5) is 23.6. The average molecular weight is 433 g/mol. The fourth-order valence-corrected chi connectivity index (χ4v) is 3.09. The summed E-state index contributed by atoms with van der Waals surface area (Å²) < 4.78 is 10.3. The third-order valence-electron chi connectivity index (χ3n) is 4.45. The minimum absolute atomic E-state index is 0.225. The Morgan fingerprint density at radius 2 is 1.04 bits per heavy atom. The van der Waals surface area contributed by atoms with Crippen LogP contribution in [-0.4, -0.2) is 46.6 Å². The summed E-state index contributed by atoms with van der Waals surface area (Å²) in [6, 6.07) is 0. The first kappa shape index (κ1) is 23.2. The van der Waals surface area contributed by atoms with Crippen molar-refractivity contribution in [3.8, 4) is 0 Å². The molecule has 2 aliphatic rings. The van der Waals surface area contributed by atoms with Crippen LogP contribution in [0.2, 0.25) is 0 Å². The Bertz CT molecular complexity index is 364. The number of halogens is 2. The van der Waals surface area contributed by atoms with Crippen molar-refractivity contribution >= 4 is 30.5 Å². The molecule has 0 heterocycles. The Morgan fingerprint density at radius 3 is 1.32 bits per heavy atom. The van der Waals surface area contributed by atoms with Gasteiger partial charge in [-0.25, -0.2) is 9.59 Å². The molecular weight excluding hydrogens is 407 g/mol. The number of aliphatic hydroxyl groups excluding tert-OH is 2. The standard InChI is InChI=1S/C16H26O6.2ClH.Ti/c17-13(15(19)21-11-7-3-1-4-8-11)14(18)16(20)22-12-9-5-2-6-10-12;;;/h11-14,17-18H,1-10H2;2*1H;/q;;;+2/p-2/t13-,14-;;;/m1.../s1. The van der Waals surface area contributed by atoms with Gasteiger partial charge in [-0.05, 0) is 51.4 Å². The van der Waals surface area contributed by atoms with Gasteiger partial charge < -0.3 is 19.7 Å². The Balaban J connectivity index is 0.000000970. The second-order valence-corrected chi connectivity index (χ2v) is 8.93. The summed E-state index contributed by atoms with van der Waals surface area (Å²) in [5.74, 6) is -1.89. The zero-order valence-electron chi connectivity index (χ0n) is 14.2. The van der Waals surface area contributed by atoms with Crippen LogP contribution in [-0.2, 0) is 36.1 Å². The third kappa shape index (κ3) is 9.07. The molecule has 0 saturated heterocycles. The second-order valence-electron chi connectivity index (χ2n) is 6.35. The molecule has 6 nitrogen and oxygen atoms in total. The molecule has 0 aromatic rings. The van der Waals surface area contributed by atoms with E-state index in [9.17, 15) is 19.8 Å². The zero-order valence-corrected chi connectivity index (χ0v) is 17.2. The molecule has 2 aliphatic carbocycles. The van der Waals surface area contributed by atoms with Crippen LogP contribution in [0.15, 0.2) is 0 Å². The quantitative estimate of drug-likeness (QED) is 0.512. The van der Waals surface area contributed by atoms with Crippen LogP contribution in [0.3, 0.4) is 0 Å². The van der Waals surface area contributed by atoms with Gasteiger partial charge in [-0.3, -0.25) is 0 Å². The van der Waals surface area contributed by atoms with Crippen LogP contribution in [0, 0.1) is 0 Å². The van der Waals surface area contributed by atoms with Crippen LogP contribution in [0.25, 0.3) is 0 Å². The van der Waals surface area contributed by atoms with Gasteiger partial charge in [0.2, 0.25) is 0 Å². The van der Waals surface area contributed by atoms with E-state index in [1.165, 1.54) is 0 Å². The number of hydrogen-bond donors (Lipinski definition) is 2. The van der Waals surface area contributed by atoms with Crippen molar-refractivity contribution in [2.24, 2.45) is 0 Å². The number of esters is 2. The van der Waals surface area contributed by atoms with Crippen LogP contribution < -0.4 is 0 Å². The summed E-state index contributed by atoms with van der Waals surface area (Å²) in [7, 11) is 9.78. The number of hydrogen-bond acceptors (Lipinski definition) is 6. The molecule has 2 fully saturated rings. The summed E-state index contributed by atoms with van der Waals surface area (Å²) in [5.41, 5.74) is 0. The van der Waals surface area contributed by atoms with Crippen molar-refractivity contribution in [1.29, 1.82) is 0 Å². The van der Waals surface area contributed by atoms with Crippen molar-refractivity contribution < 1.29 is 46.3 Å². The number of ether oxygens (including phenoxy) is 2. The summed E-state index contributed by atoms with van der Waals surface area (Å²) in [6.07, 6.45) is 5.04. The Labute approximate surface area is 165 Å². The Kier molecular flexibility index (Phi) is 12.4. The van der Waals surface area contributed by atoms with E-state index in [0.29, 0.717) is 0 Å². The van der Waals surface area contributed by atoms with Crippen LogP contribution in [0.5, 0.6) is 0 Å². The molecule has 9 heteroatoms. The van der Waals surface area contributed by atoms with Gasteiger partial charge in [-0.2, -0.15) is 0 Å². The zero-order chi connectivity index (χ0) is 18.7. The van der Waals surface area contributed by atoms with Crippen LogP contribution >= 0.6 is 18.6 Å². The van der Waals surface area contributed by atoms with Gasteiger partial charge in [-0.15, -0.1) is 0 Å². The van der Waals surface area contributed by atoms with Gasteiger partial charge in [0.1, 0.15) is 12.2 Å². The summed E-state index contributed by atoms with van der Waals surface area (Å²) in [6.45, 7) is 0. The SMILES string of the molecule is O=C(OC1CCCCC1)[C@H](O)[C@@H](O)C(=O)OC1CCCCC1.[Cl][Ti][Cl]. The van der Waals surface area contributed by atoms with Gasteiger partial charge in [-0.1, -0.05) is 12.8 Å². The van der Waals surface area contributed by atoms with E-state index in [1.807, 2.05) is 0 Å². The van der Waals surface area contributed by atoms with Gasteiger partial charge >= 0.3 is 47.6 Å². The maximum absolute atomic E-state index is 11.8. The number of rotatable bonds is 5. The predicted molar refractivity (Wildman–Crippen MR) is 89.6 cm³/mol. The Hall–Kier alpha value is 0.154. The van der Waals surface area contributed by atoms with Gasteiger partial charge in [0, 0.05) is 0 Å². The van der Waals surface area contributed by atoms with E-state index in [1.54, 1.807) is 0 Å². The number of carbonyl (C=O) groups is 2. The molecule has 0 amide bonds. The number of carbonyl (C=O) groups excluding carboxylic acids is 2. The van der Waals surface area contributed by atoms with Crippen LogP contribution in [0.4, 0.5) is 0 Å². The van der Waals surface area contributed by atoms with Crippen LogP contribution in [0.1, 0.15) is 64.2 Å². The first-order valence-corrected chi connectivity index (χ1v) is 13.0. The molecular formula is C16H26Cl2O6Ti. The molecule has 2 saturated carbocycles. The summed E-state index contributed by atoms with van der Waals surface area (Å²) in [5, 5.41) is 19.6. The molecule has 144 valence electrons. The average Bonchev–Trinajstić information content (AvgIpc) is 2.62. The molecule has 0 aliphatic heterocycles. The molecule has 0 aromatic carbocycles. The van der Waals surface area contributed by atoms with Gasteiger partial charge in [0.15, 0.2) is 12.2 Å². The predicted octanol–water partition coefficient (Wildman–Crippen LogP) is 2.84. The molecule has 0 bridgehead atoms. The van der Waals surface area contributed by atoms with E-state index < -0.39 is 41.2 Å². The van der Waals surface area contributed by atoms with Crippen molar-refractivity contribution in [2.75, 3.05) is 0 Å². The monoisotopic (exact) mass is 432 g/mol. The molecule has 2 N–H and O–H groups in total. The molecule has 0 unspecified atom stereocenters. The van der Waals surface area contributed by atoms with E-state index >= 15 is 0 Å². The molecule has 2 rings (SSSR count). The van der Waals surface area contributed by atoms with E-state index in [2.05, 4.69) is 0 Å². The Morgan fingerprint density at radius 1 is 0.760 bits per heavy atom. The molecule has 2 atom stereocenters. The first-order chi connectivity index (χ1) is 12.0. The second kappa shape index (κ2) is 13.3. The minimum atomic E-state index is -1.88. The fraction of sp³-hybridized carbons (Fsp3) is 0.875. The molecule has 25 heavy (non-hydrogen) atoms. The van der Waals surface area contributed by atoms with E-state index in [0.717, 1.165) is 64.2 Å². The molecule has 0 aromatic heterocycles. The van der Waals surface area contributed by atoms with Gasteiger partial charge in [0.05, 0.1) is 0 Å². The van der Waals surface area contributed by atoms with Crippen molar-refractivity contribution in [3.05, 3.63) is 0 Å². The van der Waals surface area contributed by atoms with E-state index in [-0.39, 0.29) is 12.2 Å². The molecule has 0 radical (unpaired) electrons. The van der Waals surface area contributed by atoms with Crippen molar-refractivity contribution in [2.45, 2.75) is 88.6 Å². The number of aliphatic hydroxyl groups is 2. The third-order valence-corrected chi connectivity index (χ3v) is 4.45. The van der Waals surface area contributed by atoms with Crippen molar-refractivity contribution in [1.82, 2.24) is 0 Å². The topological polar surface area (TPSA) is 93.1 Å². The van der Waals surface area contributed by atoms with Gasteiger partial charge in [0.25, 0.3) is 0 Å².